The summed E-state index contributed by atoms with van der Waals surface area (Å²) in [5.41, 5.74) is 7.32. The number of benzene rings is 1. The molecule has 27 heavy (non-hydrogen) atoms. The normalized spacial score (nSPS) is 11.0. The van der Waals surface area contributed by atoms with Gasteiger partial charge in [0.1, 0.15) is 28.8 Å². The Hall–Kier alpha value is -3.26. The minimum absolute atomic E-state index is 0.00100. The van der Waals surface area contributed by atoms with Gasteiger partial charge in [0, 0.05) is 11.8 Å². The molecule has 8 heteroatoms. The molecule has 6 nitrogen and oxygen atoms in total. The Morgan fingerprint density at radius 2 is 2.04 bits per heavy atom. The summed E-state index contributed by atoms with van der Waals surface area (Å²) in [5, 5.41) is 0.647. The minimum Gasteiger partial charge on any atom is -0.472 e. The van der Waals surface area contributed by atoms with Gasteiger partial charge in [-0.2, -0.15) is 4.98 Å². The molecule has 0 radical (unpaired) electrons. The van der Waals surface area contributed by atoms with E-state index in [0.29, 0.717) is 15.4 Å². The molecule has 4 aromatic rings. The molecule has 0 fully saturated rings. The van der Waals surface area contributed by atoms with Gasteiger partial charge >= 0.3 is 0 Å². The fourth-order valence-electron chi connectivity index (χ4n) is 2.68. The molecule has 0 spiro atoms. The van der Waals surface area contributed by atoms with E-state index in [2.05, 4.69) is 9.97 Å². The van der Waals surface area contributed by atoms with Crippen LogP contribution in [-0.2, 0) is 17.8 Å². The lowest BCUT2D eigenvalue weighted by Crippen LogP contribution is -2.13. The maximum atomic E-state index is 13.8. The molecular formula is C19H15FN4O2S. The molecule has 2 N–H and O–H groups in total. The zero-order chi connectivity index (χ0) is 18.8. The van der Waals surface area contributed by atoms with Gasteiger partial charge in [-0.15, -0.1) is 11.3 Å². The van der Waals surface area contributed by atoms with Crippen molar-refractivity contribution in [1.82, 2.24) is 14.4 Å². The summed E-state index contributed by atoms with van der Waals surface area (Å²) in [7, 11) is 0. The molecule has 0 saturated heterocycles. The van der Waals surface area contributed by atoms with Crippen LogP contribution in [0.2, 0.25) is 0 Å². The number of ether oxygens (including phenoxy) is 1. The Bertz CT molecular complexity index is 1120. The summed E-state index contributed by atoms with van der Waals surface area (Å²) in [5.74, 6) is -0.562. The van der Waals surface area contributed by atoms with Crippen molar-refractivity contribution in [2.45, 2.75) is 13.0 Å². The van der Waals surface area contributed by atoms with E-state index in [9.17, 15) is 9.18 Å². The van der Waals surface area contributed by atoms with Crippen molar-refractivity contribution in [3.63, 3.8) is 0 Å². The number of aromatic nitrogens is 3. The van der Waals surface area contributed by atoms with Crippen molar-refractivity contribution in [2.75, 3.05) is 0 Å². The van der Waals surface area contributed by atoms with Gasteiger partial charge in [-0.3, -0.25) is 9.20 Å². The van der Waals surface area contributed by atoms with Gasteiger partial charge in [-0.25, -0.2) is 9.37 Å². The monoisotopic (exact) mass is 382 g/mol. The number of halogens is 1. The summed E-state index contributed by atoms with van der Waals surface area (Å²) in [4.78, 5) is 20.9. The zero-order valence-electron chi connectivity index (χ0n) is 14.1. The predicted molar refractivity (Wildman–Crippen MR) is 99.9 cm³/mol. The number of pyridine rings is 1. The second kappa shape index (κ2) is 7.16. The molecule has 1 amide bonds. The van der Waals surface area contributed by atoms with Crippen LogP contribution in [0.1, 0.15) is 10.4 Å². The quantitative estimate of drug-likeness (QED) is 0.555. The van der Waals surface area contributed by atoms with Crippen molar-refractivity contribution in [3.05, 3.63) is 71.1 Å². The van der Waals surface area contributed by atoms with Gasteiger partial charge < -0.3 is 10.5 Å². The predicted octanol–water partition coefficient (Wildman–Crippen LogP) is 3.20. The fourth-order valence-corrected chi connectivity index (χ4v) is 3.71. The zero-order valence-corrected chi connectivity index (χ0v) is 14.9. The van der Waals surface area contributed by atoms with Gasteiger partial charge in [-0.1, -0.05) is 24.3 Å². The van der Waals surface area contributed by atoms with E-state index in [0.717, 1.165) is 11.3 Å². The standard InChI is InChI=1S/C19H15FN4O2S/c20-13-6-2-1-5-12(13)11-26-18-15(9-16(21)25)27-19(23-18)14-10-22-17-7-3-4-8-24(14)17/h1-8,10H,9,11H2,(H2,21,25). The highest BCUT2D eigenvalue weighted by Crippen LogP contribution is 2.33. The number of hydrogen-bond donors (Lipinski definition) is 1. The van der Waals surface area contributed by atoms with Crippen LogP contribution in [-0.4, -0.2) is 20.3 Å². The topological polar surface area (TPSA) is 82.5 Å². The molecule has 0 atom stereocenters. The maximum Gasteiger partial charge on any atom is 0.229 e. The van der Waals surface area contributed by atoms with Crippen molar-refractivity contribution in [2.24, 2.45) is 5.73 Å². The van der Waals surface area contributed by atoms with E-state index in [1.54, 1.807) is 24.4 Å². The van der Waals surface area contributed by atoms with E-state index in [1.807, 2.05) is 28.8 Å². The van der Waals surface area contributed by atoms with Gasteiger partial charge in [0.15, 0.2) is 0 Å². The molecular weight excluding hydrogens is 367 g/mol. The third kappa shape index (κ3) is 3.52. The first-order valence-electron chi connectivity index (χ1n) is 8.18. The van der Waals surface area contributed by atoms with Crippen molar-refractivity contribution in [1.29, 1.82) is 0 Å². The molecule has 0 unspecified atom stereocenters. The minimum atomic E-state index is -0.487. The third-order valence-corrected chi connectivity index (χ3v) is 5.01. The van der Waals surface area contributed by atoms with Gasteiger partial charge in [-0.05, 0) is 18.2 Å². The molecule has 0 aliphatic rings. The van der Waals surface area contributed by atoms with E-state index >= 15 is 0 Å². The molecule has 3 aromatic heterocycles. The average Bonchev–Trinajstić information content (AvgIpc) is 3.24. The second-order valence-electron chi connectivity index (χ2n) is 5.84. The molecule has 0 aliphatic heterocycles. The lowest BCUT2D eigenvalue weighted by Gasteiger charge is -2.06. The molecule has 136 valence electrons. The molecule has 4 rings (SSSR count). The number of primary amides is 1. The van der Waals surface area contributed by atoms with E-state index in [-0.39, 0.29) is 24.7 Å². The summed E-state index contributed by atoms with van der Waals surface area (Å²) in [6, 6.07) is 12.0. The molecule has 0 aliphatic carbocycles. The van der Waals surface area contributed by atoms with Gasteiger partial charge in [0.2, 0.25) is 11.8 Å². The smallest absolute Gasteiger partial charge is 0.229 e. The van der Waals surface area contributed by atoms with Crippen molar-refractivity contribution in [3.8, 4) is 16.6 Å². The number of rotatable bonds is 6. The third-order valence-electron chi connectivity index (χ3n) is 3.95. The molecule has 0 bridgehead atoms. The van der Waals surface area contributed by atoms with Crippen LogP contribution < -0.4 is 10.5 Å². The highest BCUT2D eigenvalue weighted by atomic mass is 32.1. The summed E-state index contributed by atoms with van der Waals surface area (Å²) >= 11 is 1.31. The van der Waals surface area contributed by atoms with Crippen LogP contribution in [0.25, 0.3) is 16.3 Å². The summed E-state index contributed by atoms with van der Waals surface area (Å²) < 4.78 is 21.4. The largest absolute Gasteiger partial charge is 0.472 e. The number of carbonyl (C=O) groups is 1. The Labute approximate surface area is 158 Å². The SMILES string of the molecule is NC(=O)Cc1sc(-c2cnc3ccccn23)nc1OCc1ccccc1F. The first kappa shape index (κ1) is 17.2. The van der Waals surface area contributed by atoms with Gasteiger partial charge in [0.25, 0.3) is 0 Å². The Morgan fingerprint density at radius 1 is 1.22 bits per heavy atom. The number of hydrogen-bond acceptors (Lipinski definition) is 5. The lowest BCUT2D eigenvalue weighted by atomic mass is 10.2. The number of nitrogens with two attached hydrogens (primary N) is 1. The van der Waals surface area contributed by atoms with Crippen molar-refractivity contribution >= 4 is 22.9 Å². The van der Waals surface area contributed by atoms with E-state index < -0.39 is 5.91 Å². The maximum absolute atomic E-state index is 13.8. The first-order chi connectivity index (χ1) is 13.1. The number of thiazole rings is 1. The fraction of sp³-hybridized carbons (Fsp3) is 0.105. The second-order valence-corrected chi connectivity index (χ2v) is 6.93. The number of carbonyl (C=O) groups excluding carboxylic acids is 1. The summed E-state index contributed by atoms with van der Waals surface area (Å²) in [6.07, 6.45) is 3.59. The first-order valence-corrected chi connectivity index (χ1v) is 9.00. The highest BCUT2D eigenvalue weighted by molar-refractivity contribution is 7.15. The Kier molecular flexibility index (Phi) is 4.55. The Balaban J connectivity index is 1.68. The van der Waals surface area contributed by atoms with Crippen LogP contribution in [0.4, 0.5) is 4.39 Å². The number of amides is 1. The average molecular weight is 382 g/mol. The van der Waals surface area contributed by atoms with E-state index in [4.69, 9.17) is 10.5 Å². The highest BCUT2D eigenvalue weighted by Gasteiger charge is 2.18. The van der Waals surface area contributed by atoms with Crippen LogP contribution in [0.5, 0.6) is 5.88 Å². The van der Waals surface area contributed by atoms with Crippen LogP contribution in [0, 0.1) is 5.82 Å². The van der Waals surface area contributed by atoms with E-state index in [1.165, 1.54) is 17.4 Å². The van der Waals surface area contributed by atoms with Crippen LogP contribution in [0.15, 0.2) is 54.9 Å². The molecule has 1 aromatic carbocycles. The molecule has 3 heterocycles. The van der Waals surface area contributed by atoms with Crippen LogP contribution in [0.3, 0.4) is 0 Å². The lowest BCUT2D eigenvalue weighted by molar-refractivity contribution is -0.117. The van der Waals surface area contributed by atoms with Crippen LogP contribution >= 0.6 is 11.3 Å². The molecule has 0 saturated carbocycles. The number of nitrogens with zero attached hydrogens (tertiary/aromatic N) is 3. The van der Waals surface area contributed by atoms with Gasteiger partial charge in [0.05, 0.1) is 17.5 Å². The summed E-state index contributed by atoms with van der Waals surface area (Å²) in [6.45, 7) is 0.00869. The number of fused-ring (bicyclic) bond motifs is 1. The Morgan fingerprint density at radius 3 is 2.85 bits per heavy atom. The van der Waals surface area contributed by atoms with Crippen molar-refractivity contribution < 1.29 is 13.9 Å². The number of imidazole rings is 1.